The van der Waals surface area contributed by atoms with Crippen molar-refractivity contribution < 1.29 is 33.2 Å². The Morgan fingerprint density at radius 2 is 1.73 bits per heavy atom. The third kappa shape index (κ3) is 6.30. The number of nitrogens with zero attached hydrogens (tertiary/aromatic N) is 2. The van der Waals surface area contributed by atoms with E-state index >= 15 is 0 Å². The minimum absolute atomic E-state index is 0.0615. The van der Waals surface area contributed by atoms with Crippen LogP contribution in [0.2, 0.25) is 0 Å². The first-order chi connectivity index (χ1) is 15.8. The average Bonchev–Trinajstić information content (AvgIpc) is 3.29. The zero-order valence-corrected chi connectivity index (χ0v) is 17.0. The maximum Gasteiger partial charge on any atom is 0.400 e. The molecule has 0 aliphatic heterocycles. The number of amidine groups is 1. The lowest BCUT2D eigenvalue weighted by Gasteiger charge is -2.05. The largest absolute Gasteiger partial charge is 0.484 e. The molecule has 0 saturated heterocycles. The number of nitrogens with two attached hydrogens (primary N) is 2. The molecule has 3 rings (SSSR count). The molecule has 1 amide bonds. The number of carbonyl (C=O) groups is 2. The SMILES string of the molecule is NC(=O)COc1ccc(/C(N)=N/OC(=O)c2ccc(COc3ccccc3[N+](=O)[O-])o2)cc1. The Bertz CT molecular complexity index is 1190. The molecule has 170 valence electrons. The van der Waals surface area contributed by atoms with Crippen LogP contribution in [0.25, 0.3) is 0 Å². The van der Waals surface area contributed by atoms with Crippen molar-refractivity contribution in [2.45, 2.75) is 6.61 Å². The number of amides is 1. The molecular formula is C21H18N4O8. The standard InChI is InChI=1S/C21H18N4O8/c22-19(26)12-30-14-7-5-13(6-8-14)20(23)24-33-21(27)18-10-9-15(32-18)11-31-17-4-2-1-3-16(17)25(28)29/h1-10H,11-12H2,(H2,22,26)(H2,23,24). The number of hydrogen-bond acceptors (Lipinski definition) is 9. The molecule has 4 N–H and O–H groups in total. The summed E-state index contributed by atoms with van der Waals surface area (Å²) in [6.45, 7) is -0.410. The lowest BCUT2D eigenvalue weighted by molar-refractivity contribution is -0.386. The highest BCUT2D eigenvalue weighted by molar-refractivity contribution is 5.98. The first kappa shape index (κ1) is 22.8. The highest BCUT2D eigenvalue weighted by Gasteiger charge is 2.17. The lowest BCUT2D eigenvalue weighted by Crippen LogP contribution is -2.20. The molecule has 0 aliphatic carbocycles. The second-order valence-corrected chi connectivity index (χ2v) is 6.41. The van der Waals surface area contributed by atoms with E-state index in [1.165, 1.54) is 30.3 Å². The Kier molecular flexibility index (Phi) is 7.21. The van der Waals surface area contributed by atoms with Crippen molar-refractivity contribution in [1.82, 2.24) is 0 Å². The summed E-state index contributed by atoms with van der Waals surface area (Å²) in [5.41, 5.74) is 11.1. The van der Waals surface area contributed by atoms with E-state index < -0.39 is 16.8 Å². The van der Waals surface area contributed by atoms with Gasteiger partial charge in [-0.05, 0) is 42.5 Å². The monoisotopic (exact) mass is 454 g/mol. The molecule has 0 spiro atoms. The zero-order valence-electron chi connectivity index (χ0n) is 17.0. The van der Waals surface area contributed by atoms with Crippen molar-refractivity contribution in [3.05, 3.63) is 87.9 Å². The number of para-hydroxylation sites is 2. The summed E-state index contributed by atoms with van der Waals surface area (Å²) in [6, 6.07) is 14.9. The fourth-order valence-electron chi connectivity index (χ4n) is 2.51. The minimum Gasteiger partial charge on any atom is -0.484 e. The molecule has 1 heterocycles. The first-order valence-corrected chi connectivity index (χ1v) is 9.35. The molecule has 0 saturated carbocycles. The minimum atomic E-state index is -0.906. The molecule has 2 aromatic carbocycles. The van der Waals surface area contributed by atoms with Gasteiger partial charge in [-0.1, -0.05) is 17.3 Å². The van der Waals surface area contributed by atoms with E-state index in [1.807, 2.05) is 0 Å². The number of furan rings is 1. The molecule has 0 atom stereocenters. The van der Waals surface area contributed by atoms with E-state index in [2.05, 4.69) is 5.16 Å². The first-order valence-electron chi connectivity index (χ1n) is 9.35. The molecule has 33 heavy (non-hydrogen) atoms. The van der Waals surface area contributed by atoms with E-state index in [-0.39, 0.29) is 42.0 Å². The Balaban J connectivity index is 1.56. The number of nitro benzene ring substituents is 1. The molecular weight excluding hydrogens is 436 g/mol. The molecule has 0 radical (unpaired) electrons. The fourth-order valence-corrected chi connectivity index (χ4v) is 2.51. The summed E-state index contributed by atoms with van der Waals surface area (Å²) >= 11 is 0. The van der Waals surface area contributed by atoms with Gasteiger partial charge < -0.3 is 30.2 Å². The van der Waals surface area contributed by atoms with Gasteiger partial charge in [0.2, 0.25) is 5.76 Å². The molecule has 3 aromatic rings. The predicted molar refractivity (Wildman–Crippen MR) is 113 cm³/mol. The van der Waals surface area contributed by atoms with Crippen molar-refractivity contribution in [2.75, 3.05) is 6.61 Å². The van der Waals surface area contributed by atoms with E-state index in [4.69, 9.17) is 30.2 Å². The van der Waals surface area contributed by atoms with Crippen molar-refractivity contribution >= 4 is 23.4 Å². The van der Waals surface area contributed by atoms with Gasteiger partial charge in [-0.25, -0.2) is 4.79 Å². The van der Waals surface area contributed by atoms with Gasteiger partial charge in [0.25, 0.3) is 5.91 Å². The number of nitro groups is 1. The van der Waals surface area contributed by atoms with Gasteiger partial charge in [0.15, 0.2) is 18.2 Å². The molecule has 0 aliphatic rings. The smallest absolute Gasteiger partial charge is 0.400 e. The predicted octanol–water partition coefficient (Wildman–Crippen LogP) is 2.11. The number of oxime groups is 1. The molecule has 0 bridgehead atoms. The number of hydrogen-bond donors (Lipinski definition) is 2. The third-order valence-corrected chi connectivity index (χ3v) is 4.05. The van der Waals surface area contributed by atoms with E-state index in [0.717, 1.165) is 0 Å². The van der Waals surface area contributed by atoms with Crippen LogP contribution in [0.1, 0.15) is 21.9 Å². The highest BCUT2D eigenvalue weighted by Crippen LogP contribution is 2.27. The van der Waals surface area contributed by atoms with E-state index in [9.17, 15) is 19.7 Å². The normalized spacial score (nSPS) is 11.0. The number of ether oxygens (including phenoxy) is 2. The Labute approximate surface area is 186 Å². The van der Waals surface area contributed by atoms with Gasteiger partial charge in [-0.15, -0.1) is 0 Å². The summed E-state index contributed by atoms with van der Waals surface area (Å²) in [5.74, 6) is -1.07. The number of benzene rings is 2. The quantitative estimate of drug-likeness (QED) is 0.152. The van der Waals surface area contributed by atoms with Gasteiger partial charge >= 0.3 is 11.7 Å². The van der Waals surface area contributed by atoms with Crippen LogP contribution >= 0.6 is 0 Å². The van der Waals surface area contributed by atoms with Crippen molar-refractivity contribution in [3.63, 3.8) is 0 Å². The molecule has 1 aromatic heterocycles. The summed E-state index contributed by atoms with van der Waals surface area (Å²) in [7, 11) is 0. The lowest BCUT2D eigenvalue weighted by atomic mass is 10.2. The number of primary amides is 1. The number of rotatable bonds is 10. The second-order valence-electron chi connectivity index (χ2n) is 6.41. The average molecular weight is 454 g/mol. The van der Waals surface area contributed by atoms with E-state index in [1.54, 1.807) is 30.3 Å². The topological polar surface area (TPSA) is 183 Å². The van der Waals surface area contributed by atoms with Crippen LogP contribution in [0.5, 0.6) is 11.5 Å². The van der Waals surface area contributed by atoms with Gasteiger partial charge in [0.05, 0.1) is 4.92 Å². The molecule has 12 heteroatoms. The molecule has 0 fully saturated rings. The summed E-state index contributed by atoms with van der Waals surface area (Å²) in [6.07, 6.45) is 0. The van der Waals surface area contributed by atoms with Crippen LogP contribution in [0.4, 0.5) is 5.69 Å². The van der Waals surface area contributed by atoms with Gasteiger partial charge in [-0.2, -0.15) is 0 Å². The third-order valence-electron chi connectivity index (χ3n) is 4.05. The van der Waals surface area contributed by atoms with Gasteiger partial charge in [0.1, 0.15) is 18.1 Å². The highest BCUT2D eigenvalue weighted by atomic mass is 16.7. The maximum atomic E-state index is 12.1. The Morgan fingerprint density at radius 3 is 2.42 bits per heavy atom. The van der Waals surface area contributed by atoms with Crippen molar-refractivity contribution in [2.24, 2.45) is 16.6 Å². The van der Waals surface area contributed by atoms with Crippen LogP contribution in [-0.4, -0.2) is 29.2 Å². The van der Waals surface area contributed by atoms with Gasteiger partial charge in [-0.3, -0.25) is 14.9 Å². The molecule has 0 unspecified atom stereocenters. The Morgan fingerprint density at radius 1 is 1.00 bits per heavy atom. The number of carbonyl (C=O) groups excluding carboxylic acids is 2. The van der Waals surface area contributed by atoms with Crippen LogP contribution < -0.4 is 20.9 Å². The summed E-state index contributed by atoms with van der Waals surface area (Å²) < 4.78 is 15.9. The fraction of sp³-hybridized carbons (Fsp3) is 0.0952. The maximum absolute atomic E-state index is 12.1. The summed E-state index contributed by atoms with van der Waals surface area (Å²) in [4.78, 5) is 38.1. The Hall–Kier alpha value is -4.87. The van der Waals surface area contributed by atoms with E-state index in [0.29, 0.717) is 11.3 Å². The van der Waals surface area contributed by atoms with Crippen LogP contribution in [0.3, 0.4) is 0 Å². The zero-order chi connectivity index (χ0) is 23.8. The van der Waals surface area contributed by atoms with Crippen LogP contribution in [0.15, 0.2) is 70.2 Å². The van der Waals surface area contributed by atoms with Crippen molar-refractivity contribution in [3.8, 4) is 11.5 Å². The van der Waals surface area contributed by atoms with Crippen LogP contribution in [0, 0.1) is 10.1 Å². The van der Waals surface area contributed by atoms with Crippen molar-refractivity contribution in [1.29, 1.82) is 0 Å². The van der Waals surface area contributed by atoms with Crippen LogP contribution in [-0.2, 0) is 16.2 Å². The second kappa shape index (κ2) is 10.4. The molecule has 12 nitrogen and oxygen atoms in total. The van der Waals surface area contributed by atoms with Gasteiger partial charge in [0, 0.05) is 11.6 Å². The summed E-state index contributed by atoms with van der Waals surface area (Å²) in [5, 5.41) is 14.6.